The van der Waals surface area contributed by atoms with Gasteiger partial charge in [-0.3, -0.25) is 4.79 Å². The number of aliphatic carboxylic acids is 1. The minimum Gasteiger partial charge on any atom is -0.480 e. The Morgan fingerprint density at radius 1 is 1.71 bits per heavy atom. The first kappa shape index (κ1) is 6.43. The summed E-state index contributed by atoms with van der Waals surface area (Å²) in [4.78, 5) is 9.90. The molecule has 0 aliphatic heterocycles. The van der Waals surface area contributed by atoms with Crippen LogP contribution in [0, 0.1) is 0 Å². The van der Waals surface area contributed by atoms with Crippen molar-refractivity contribution in [3.63, 3.8) is 0 Å². The van der Waals surface area contributed by atoms with Crippen LogP contribution in [0.1, 0.15) is 13.8 Å². The van der Waals surface area contributed by atoms with Crippen molar-refractivity contribution in [3.05, 3.63) is 0 Å². The van der Waals surface area contributed by atoms with Crippen LogP contribution in [0.25, 0.3) is 0 Å². The Kier molecular flexibility index (Phi) is 1.38. The summed E-state index contributed by atoms with van der Waals surface area (Å²) in [7, 11) is 0. The van der Waals surface area contributed by atoms with Gasteiger partial charge >= 0.3 is 5.97 Å². The highest BCUT2D eigenvalue weighted by Crippen LogP contribution is 1.93. The summed E-state index contributed by atoms with van der Waals surface area (Å²) < 4.78 is 0. The van der Waals surface area contributed by atoms with Crippen molar-refractivity contribution in [2.24, 2.45) is 5.73 Å². The molecule has 0 aromatic heterocycles. The predicted octanol–water partition coefficient (Wildman–Crippen LogP) is -0.192. The Morgan fingerprint density at radius 2 is 1.86 bits per heavy atom. The molecule has 0 aliphatic carbocycles. The molecule has 0 fully saturated rings. The fraction of sp³-hybridized carbons (Fsp3) is 0.750. The molecule has 0 saturated carbocycles. The molecular weight excluding hydrogens is 93.0 g/mol. The average Bonchev–Trinajstić information content (AvgIpc) is 1.31. The van der Waals surface area contributed by atoms with Crippen molar-refractivity contribution < 1.29 is 9.90 Å². The highest BCUT2D eigenvalue weighted by atomic mass is 16.4. The second-order valence-electron chi connectivity index (χ2n) is 2.03. The fourth-order valence-electron chi connectivity index (χ4n) is 0. The van der Waals surface area contributed by atoms with Gasteiger partial charge in [-0.15, -0.1) is 0 Å². The lowest BCUT2D eigenvalue weighted by molar-refractivity contribution is -0.141. The Balaban J connectivity index is 3.79. The molecule has 0 rings (SSSR count). The summed E-state index contributed by atoms with van der Waals surface area (Å²) in [5.41, 5.74) is 4.00. The molecule has 42 valence electrons. The van der Waals surface area contributed by atoms with E-state index in [2.05, 4.69) is 0 Å². The van der Waals surface area contributed by atoms with Crippen LogP contribution < -0.4 is 5.73 Å². The summed E-state index contributed by atoms with van der Waals surface area (Å²) in [6.45, 7) is 2.88. The maximum atomic E-state index is 9.90. The van der Waals surface area contributed by atoms with E-state index in [4.69, 9.17) is 10.8 Å². The minimum absolute atomic E-state index is 0.979. The molecule has 0 aromatic carbocycles. The summed E-state index contributed by atoms with van der Waals surface area (Å²) in [6.07, 6.45) is 0. The van der Waals surface area contributed by atoms with E-state index in [-0.39, 0.29) is 0 Å². The van der Waals surface area contributed by atoms with E-state index < -0.39 is 11.5 Å². The normalized spacial score (nSPS) is 11.3. The monoisotopic (exact) mass is 102 g/mol. The average molecular weight is 102 g/mol. The molecule has 3 N–H and O–H groups in total. The van der Waals surface area contributed by atoms with Crippen molar-refractivity contribution in [2.45, 2.75) is 19.4 Å². The van der Waals surface area contributed by atoms with Crippen molar-refractivity contribution in [1.29, 1.82) is 0 Å². The zero-order valence-electron chi connectivity index (χ0n) is 4.43. The van der Waals surface area contributed by atoms with E-state index in [1.165, 1.54) is 13.8 Å². The molecule has 3 heteroatoms. The van der Waals surface area contributed by atoms with E-state index >= 15 is 0 Å². The van der Waals surface area contributed by atoms with Crippen LogP contribution in [0.4, 0.5) is 0 Å². The number of hydrogen-bond donors (Lipinski definition) is 2. The van der Waals surface area contributed by atoms with Gasteiger partial charge in [0.15, 0.2) is 0 Å². The number of carboxylic acid groups (broad SMARTS) is 1. The predicted molar refractivity (Wildman–Crippen MR) is 25.9 cm³/mol. The second kappa shape index (κ2) is 1.50. The number of nitrogens with two attached hydrogens (primary N) is 1. The largest absolute Gasteiger partial charge is 0.480 e. The van der Waals surface area contributed by atoms with E-state index in [0.717, 1.165) is 0 Å². The minimum atomic E-state index is -1.08. The molecule has 0 aliphatic rings. The molecule has 3 nitrogen and oxygen atoms in total. The van der Waals surface area contributed by atoms with Gasteiger partial charge in [-0.25, -0.2) is 0 Å². The van der Waals surface area contributed by atoms with E-state index in [9.17, 15) is 4.79 Å². The van der Waals surface area contributed by atoms with Crippen molar-refractivity contribution >= 4 is 5.97 Å². The van der Waals surface area contributed by atoms with Crippen LogP contribution in [0.5, 0.6) is 0 Å². The van der Waals surface area contributed by atoms with E-state index in [1.54, 1.807) is 0 Å². The van der Waals surface area contributed by atoms with Gasteiger partial charge in [0.1, 0.15) is 5.54 Å². The van der Waals surface area contributed by atoms with E-state index in [1.807, 2.05) is 0 Å². The van der Waals surface area contributed by atoms with Gasteiger partial charge in [-0.1, -0.05) is 0 Å². The Labute approximate surface area is 42.1 Å². The zero-order valence-corrected chi connectivity index (χ0v) is 4.43. The Morgan fingerprint density at radius 3 is 1.86 bits per heavy atom. The smallest absolute Gasteiger partial charge is 0.323 e. The standard InChI is InChI=1S/C4H9NO2/c1-4(2,5)3(6)7/h5H2,1-2H3,(H,6,7)/i4-1. The van der Waals surface area contributed by atoms with Crippen LogP contribution in [-0.2, 0) is 4.79 Å². The van der Waals surface area contributed by atoms with Gasteiger partial charge in [-0.05, 0) is 13.8 Å². The van der Waals surface area contributed by atoms with Crippen molar-refractivity contribution in [2.75, 3.05) is 0 Å². The highest BCUT2D eigenvalue weighted by Gasteiger charge is 2.19. The van der Waals surface area contributed by atoms with Crippen LogP contribution in [0.3, 0.4) is 0 Å². The third kappa shape index (κ3) is 2.17. The van der Waals surface area contributed by atoms with Crippen molar-refractivity contribution in [3.8, 4) is 0 Å². The van der Waals surface area contributed by atoms with Gasteiger partial charge in [-0.2, -0.15) is 0 Å². The number of carbonyl (C=O) groups is 1. The third-order valence-corrected chi connectivity index (χ3v) is 0.551. The quantitative estimate of drug-likeness (QED) is 0.482. The molecule has 0 amide bonds. The van der Waals surface area contributed by atoms with E-state index in [0.29, 0.717) is 0 Å². The number of carboxylic acids is 1. The number of hydrogen-bond acceptors (Lipinski definition) is 2. The summed E-state index contributed by atoms with van der Waals surface area (Å²) in [5.74, 6) is -0.979. The first-order valence-corrected chi connectivity index (χ1v) is 1.97. The molecule has 0 spiro atoms. The molecule has 0 unspecified atom stereocenters. The van der Waals surface area contributed by atoms with Crippen LogP contribution in [0.2, 0.25) is 0 Å². The lowest BCUT2D eigenvalue weighted by Crippen LogP contribution is -2.41. The molecule has 7 heavy (non-hydrogen) atoms. The molecule has 0 atom stereocenters. The van der Waals surface area contributed by atoms with Gasteiger partial charge in [0, 0.05) is 0 Å². The maximum Gasteiger partial charge on any atom is 0.323 e. The molecule has 0 bridgehead atoms. The second-order valence-corrected chi connectivity index (χ2v) is 2.03. The Bertz CT molecular complexity index is 82.2. The molecule has 0 radical (unpaired) electrons. The molecule has 0 aromatic rings. The first-order valence-electron chi connectivity index (χ1n) is 1.97. The van der Waals surface area contributed by atoms with Crippen molar-refractivity contribution in [1.82, 2.24) is 0 Å². The topological polar surface area (TPSA) is 63.3 Å². The number of rotatable bonds is 1. The lowest BCUT2D eigenvalue weighted by Gasteiger charge is -2.09. The van der Waals surface area contributed by atoms with Gasteiger partial charge < -0.3 is 10.8 Å². The fourth-order valence-corrected chi connectivity index (χ4v) is 0. The summed E-state index contributed by atoms with van der Waals surface area (Å²) in [6, 6.07) is 0. The summed E-state index contributed by atoms with van der Waals surface area (Å²) in [5, 5.41) is 8.12. The molecule has 0 heterocycles. The Hall–Kier alpha value is -0.570. The van der Waals surface area contributed by atoms with Gasteiger partial charge in [0.05, 0.1) is 0 Å². The zero-order chi connectivity index (χ0) is 6.08. The lowest BCUT2D eigenvalue weighted by atomic mass is 9.54. The highest BCUT2D eigenvalue weighted by molar-refractivity contribution is 5.77. The maximum absolute atomic E-state index is 9.90. The summed E-state index contributed by atoms with van der Waals surface area (Å²) >= 11 is 0. The van der Waals surface area contributed by atoms with Crippen LogP contribution in [-0.4, -0.2) is 16.6 Å². The third-order valence-electron chi connectivity index (χ3n) is 0.551. The first-order chi connectivity index (χ1) is 2.94. The molecular formula is C4H9NO2. The molecule has 0 saturated heterocycles. The van der Waals surface area contributed by atoms with Crippen LogP contribution >= 0.6 is 0 Å². The SMILES string of the molecule is C[11C](C)(N)C(=O)O. The van der Waals surface area contributed by atoms with Gasteiger partial charge in [0.2, 0.25) is 0 Å². The van der Waals surface area contributed by atoms with Crippen LogP contribution in [0.15, 0.2) is 0 Å². The van der Waals surface area contributed by atoms with Gasteiger partial charge in [0.25, 0.3) is 0 Å².